The van der Waals surface area contributed by atoms with E-state index in [1.807, 2.05) is 0 Å². The van der Waals surface area contributed by atoms with Gasteiger partial charge in [0.25, 0.3) is 17.3 Å². The second-order valence-corrected chi connectivity index (χ2v) is 1.77. The predicted molar refractivity (Wildman–Crippen MR) is 36.4 cm³/mol. The molecule has 6 heteroatoms. The first-order valence-corrected chi connectivity index (χ1v) is 2.87. The zero-order valence-electron chi connectivity index (χ0n) is 6.10. The predicted octanol–water partition coefficient (Wildman–Crippen LogP) is -2.15. The SMILES string of the molecule is O=C=CC(=O)C(=O)C(=O)C(=O)C=O. The zero-order chi connectivity index (χ0) is 10.4. The van der Waals surface area contributed by atoms with Gasteiger partial charge >= 0.3 is 0 Å². The molecule has 0 aromatic rings. The van der Waals surface area contributed by atoms with Gasteiger partial charge in [-0.1, -0.05) is 0 Å². The van der Waals surface area contributed by atoms with Crippen molar-refractivity contribution in [3.63, 3.8) is 0 Å². The minimum atomic E-state index is -1.76. The third-order valence-electron chi connectivity index (χ3n) is 0.951. The molecule has 6 nitrogen and oxygen atoms in total. The lowest BCUT2D eigenvalue weighted by Crippen LogP contribution is -2.30. The molecule has 13 heavy (non-hydrogen) atoms. The van der Waals surface area contributed by atoms with Crippen molar-refractivity contribution in [1.82, 2.24) is 0 Å². The lowest BCUT2D eigenvalue weighted by atomic mass is 10.1. The van der Waals surface area contributed by atoms with Crippen LogP contribution in [0.2, 0.25) is 0 Å². The summed E-state index contributed by atoms with van der Waals surface area (Å²) in [5.74, 6) is -5.62. The monoisotopic (exact) mass is 182 g/mol. The summed E-state index contributed by atoms with van der Waals surface area (Å²) in [6.07, 6.45) is -0.226. The van der Waals surface area contributed by atoms with Gasteiger partial charge in [0.05, 0.1) is 6.08 Å². The van der Waals surface area contributed by atoms with Crippen LogP contribution in [-0.4, -0.2) is 35.4 Å². The lowest BCUT2D eigenvalue weighted by molar-refractivity contribution is -0.148. The lowest BCUT2D eigenvalue weighted by Gasteiger charge is -1.86. The minimum absolute atomic E-state index is 0.165. The molecule has 0 heterocycles. The van der Waals surface area contributed by atoms with E-state index in [9.17, 15) is 28.8 Å². The molecule has 0 aliphatic heterocycles. The van der Waals surface area contributed by atoms with Crippen molar-refractivity contribution in [2.24, 2.45) is 0 Å². The van der Waals surface area contributed by atoms with Crippen molar-refractivity contribution in [3.8, 4) is 0 Å². The first-order chi connectivity index (χ1) is 6.04. The maximum absolute atomic E-state index is 10.5. The number of ketones is 4. The second-order valence-electron chi connectivity index (χ2n) is 1.77. The Hall–Kier alpha value is -2.20. The molecule has 0 atom stereocenters. The summed E-state index contributed by atoms with van der Waals surface area (Å²) >= 11 is 0. The Kier molecular flexibility index (Phi) is 3.85. The van der Waals surface area contributed by atoms with E-state index in [0.717, 1.165) is 5.94 Å². The molecular formula is C7H2O6. The standard InChI is InChI=1S/C7H2O6/c8-2-1-4(10)6(12)7(13)5(11)3-9/h1,3H. The van der Waals surface area contributed by atoms with Gasteiger partial charge in [0.1, 0.15) is 5.94 Å². The number of Topliss-reactive ketones (excluding diaryl/α,β-unsaturated/α-hetero) is 3. The van der Waals surface area contributed by atoms with E-state index in [-0.39, 0.29) is 6.08 Å². The van der Waals surface area contributed by atoms with E-state index in [0.29, 0.717) is 0 Å². The largest absolute Gasteiger partial charge is 0.294 e. The third kappa shape index (κ3) is 2.72. The number of hydrogen-bond donors (Lipinski definition) is 0. The van der Waals surface area contributed by atoms with E-state index in [4.69, 9.17) is 0 Å². The first kappa shape index (κ1) is 10.8. The quantitative estimate of drug-likeness (QED) is 0.158. The van der Waals surface area contributed by atoms with E-state index in [1.54, 1.807) is 0 Å². The normalized spacial score (nSPS) is 8.00. The van der Waals surface area contributed by atoms with Crippen molar-refractivity contribution in [2.45, 2.75) is 0 Å². The van der Waals surface area contributed by atoms with Crippen LogP contribution in [0, 0.1) is 0 Å². The van der Waals surface area contributed by atoms with Gasteiger partial charge in [-0.15, -0.1) is 0 Å². The minimum Gasteiger partial charge on any atom is -0.294 e. The van der Waals surface area contributed by atoms with Gasteiger partial charge in [0.15, 0.2) is 6.29 Å². The molecule has 0 aromatic heterocycles. The molecule has 0 saturated carbocycles. The average molecular weight is 182 g/mol. The average Bonchev–Trinajstić information content (AvgIpc) is 2.14. The van der Waals surface area contributed by atoms with Gasteiger partial charge in [-0.25, -0.2) is 4.79 Å². The van der Waals surface area contributed by atoms with Crippen LogP contribution in [-0.2, 0) is 28.8 Å². The maximum atomic E-state index is 10.5. The number of aldehydes is 1. The van der Waals surface area contributed by atoms with Gasteiger partial charge < -0.3 is 0 Å². The van der Waals surface area contributed by atoms with E-state index >= 15 is 0 Å². The Labute approximate surface area is 71.2 Å². The molecule has 0 aliphatic rings. The Morgan fingerprint density at radius 1 is 0.923 bits per heavy atom. The van der Waals surface area contributed by atoms with E-state index in [2.05, 4.69) is 0 Å². The molecule has 0 N–H and O–H groups in total. The third-order valence-corrected chi connectivity index (χ3v) is 0.951. The molecule has 0 amide bonds. The highest BCUT2D eigenvalue weighted by Gasteiger charge is 2.26. The van der Waals surface area contributed by atoms with Crippen molar-refractivity contribution in [1.29, 1.82) is 0 Å². The van der Waals surface area contributed by atoms with Crippen LogP contribution in [0.1, 0.15) is 0 Å². The summed E-state index contributed by atoms with van der Waals surface area (Å²) in [4.78, 5) is 61.0. The van der Waals surface area contributed by atoms with E-state index < -0.39 is 29.4 Å². The van der Waals surface area contributed by atoms with Crippen LogP contribution in [0.3, 0.4) is 0 Å². The number of carbonyl (C=O) groups excluding carboxylic acids is 6. The van der Waals surface area contributed by atoms with Crippen LogP contribution < -0.4 is 0 Å². The Balaban J connectivity index is 4.72. The van der Waals surface area contributed by atoms with Crippen molar-refractivity contribution in [2.75, 3.05) is 0 Å². The molecule has 0 fully saturated rings. The fraction of sp³-hybridized carbons (Fsp3) is 0. The van der Waals surface area contributed by atoms with Gasteiger partial charge in [0, 0.05) is 0 Å². The summed E-state index contributed by atoms with van der Waals surface area (Å²) < 4.78 is 0. The molecule has 0 aromatic carbocycles. The molecule has 0 spiro atoms. The van der Waals surface area contributed by atoms with E-state index in [1.165, 1.54) is 0 Å². The highest BCUT2D eigenvalue weighted by molar-refractivity contribution is 6.85. The Morgan fingerprint density at radius 3 is 1.77 bits per heavy atom. The van der Waals surface area contributed by atoms with Gasteiger partial charge in [-0.3, -0.25) is 24.0 Å². The number of carbonyl (C=O) groups is 5. The maximum Gasteiger partial charge on any atom is 0.280 e. The molecule has 66 valence electrons. The molecular weight excluding hydrogens is 180 g/mol. The fourth-order valence-electron chi connectivity index (χ4n) is 0.396. The second kappa shape index (κ2) is 4.63. The fourth-order valence-corrected chi connectivity index (χ4v) is 0.396. The molecule has 0 radical (unpaired) electrons. The molecule has 0 rings (SSSR count). The van der Waals surface area contributed by atoms with Crippen LogP contribution in [0.25, 0.3) is 0 Å². The van der Waals surface area contributed by atoms with Crippen molar-refractivity contribution < 1.29 is 28.8 Å². The summed E-state index contributed by atoms with van der Waals surface area (Å²) in [5.41, 5.74) is 0. The Bertz CT molecular complexity index is 344. The molecule has 0 unspecified atom stereocenters. The number of allylic oxidation sites excluding steroid dienone is 1. The van der Waals surface area contributed by atoms with Crippen LogP contribution in [0.5, 0.6) is 0 Å². The highest BCUT2D eigenvalue weighted by atomic mass is 16.2. The zero-order valence-corrected chi connectivity index (χ0v) is 6.10. The summed E-state index contributed by atoms with van der Waals surface area (Å²) in [6.45, 7) is 0. The van der Waals surface area contributed by atoms with Gasteiger partial charge in [-0.05, 0) is 0 Å². The first-order valence-electron chi connectivity index (χ1n) is 2.87. The molecule has 0 bridgehead atoms. The van der Waals surface area contributed by atoms with Crippen LogP contribution in [0.4, 0.5) is 0 Å². The number of rotatable bonds is 5. The Morgan fingerprint density at radius 2 is 1.38 bits per heavy atom. The summed E-state index contributed by atoms with van der Waals surface area (Å²) in [5, 5.41) is 0. The highest BCUT2D eigenvalue weighted by Crippen LogP contribution is 1.82. The molecule has 0 aliphatic carbocycles. The summed E-state index contributed by atoms with van der Waals surface area (Å²) in [6, 6.07) is 0. The number of hydrogen-bond acceptors (Lipinski definition) is 6. The van der Waals surface area contributed by atoms with Crippen molar-refractivity contribution >= 4 is 35.4 Å². The van der Waals surface area contributed by atoms with Crippen LogP contribution >= 0.6 is 0 Å². The van der Waals surface area contributed by atoms with Gasteiger partial charge in [0.2, 0.25) is 5.78 Å². The smallest absolute Gasteiger partial charge is 0.280 e. The topological polar surface area (TPSA) is 102 Å². The van der Waals surface area contributed by atoms with Crippen LogP contribution in [0.15, 0.2) is 6.08 Å². The van der Waals surface area contributed by atoms with Crippen molar-refractivity contribution in [3.05, 3.63) is 6.08 Å². The molecule has 0 saturated heterocycles. The summed E-state index contributed by atoms with van der Waals surface area (Å²) in [7, 11) is 0. The van der Waals surface area contributed by atoms with Gasteiger partial charge in [-0.2, -0.15) is 0 Å².